The Labute approximate surface area is 138 Å². The van der Waals surface area contributed by atoms with Crippen LogP contribution in [0.2, 0.25) is 0 Å². The fraction of sp³-hybridized carbons (Fsp3) is 0.611. The average Bonchev–Trinajstić information content (AvgIpc) is 2.52. The predicted molar refractivity (Wildman–Crippen MR) is 89.9 cm³/mol. The number of carbonyl (C=O) groups excluding carboxylic acids is 2. The minimum atomic E-state index is 0.0174. The number of nitrogens with zero attached hydrogens (tertiary/aromatic N) is 2. The first-order valence-corrected chi connectivity index (χ1v) is 8.31. The van der Waals surface area contributed by atoms with E-state index in [0.717, 1.165) is 25.9 Å². The van der Waals surface area contributed by atoms with Crippen molar-refractivity contribution in [1.82, 2.24) is 15.2 Å². The van der Waals surface area contributed by atoms with Crippen molar-refractivity contribution < 1.29 is 9.59 Å². The van der Waals surface area contributed by atoms with Gasteiger partial charge in [0.1, 0.15) is 0 Å². The number of hydrogen-bond donors (Lipinski definition) is 1. The third-order valence-electron chi connectivity index (χ3n) is 4.09. The Kier molecular flexibility index (Phi) is 5.74. The fourth-order valence-corrected chi connectivity index (χ4v) is 2.81. The first-order valence-electron chi connectivity index (χ1n) is 8.31. The second kappa shape index (κ2) is 7.57. The Morgan fingerprint density at radius 1 is 1.30 bits per heavy atom. The molecule has 0 atom stereocenters. The Morgan fingerprint density at radius 2 is 2.00 bits per heavy atom. The van der Waals surface area contributed by atoms with Crippen molar-refractivity contribution in [3.8, 4) is 0 Å². The SMILES string of the molecule is CC(C)(C)CC(=O)NCC1CCN(C(=O)c2cccnc2)CC1. The van der Waals surface area contributed by atoms with E-state index >= 15 is 0 Å². The molecule has 1 N–H and O–H groups in total. The molecule has 0 aromatic carbocycles. The number of nitrogens with one attached hydrogen (secondary N) is 1. The lowest BCUT2D eigenvalue weighted by atomic mass is 9.91. The van der Waals surface area contributed by atoms with E-state index in [1.807, 2.05) is 4.90 Å². The number of rotatable bonds is 4. The van der Waals surface area contributed by atoms with Gasteiger partial charge in [-0.3, -0.25) is 14.6 Å². The van der Waals surface area contributed by atoms with Gasteiger partial charge in [-0.15, -0.1) is 0 Å². The maximum absolute atomic E-state index is 12.3. The minimum absolute atomic E-state index is 0.0174. The molecule has 0 unspecified atom stereocenters. The van der Waals surface area contributed by atoms with Crippen LogP contribution in [0.5, 0.6) is 0 Å². The molecule has 1 aliphatic rings. The molecule has 2 heterocycles. The molecule has 1 aromatic rings. The zero-order valence-corrected chi connectivity index (χ0v) is 14.3. The van der Waals surface area contributed by atoms with Crippen LogP contribution in [0, 0.1) is 11.3 Å². The second-order valence-corrected chi connectivity index (χ2v) is 7.52. The lowest BCUT2D eigenvalue weighted by Gasteiger charge is -2.32. The van der Waals surface area contributed by atoms with Crippen LogP contribution < -0.4 is 5.32 Å². The molecule has 23 heavy (non-hydrogen) atoms. The van der Waals surface area contributed by atoms with Crippen molar-refractivity contribution in [3.05, 3.63) is 30.1 Å². The highest BCUT2D eigenvalue weighted by molar-refractivity contribution is 5.93. The molecule has 1 fully saturated rings. The van der Waals surface area contributed by atoms with Crippen molar-refractivity contribution in [2.45, 2.75) is 40.0 Å². The van der Waals surface area contributed by atoms with Crippen LogP contribution in [-0.2, 0) is 4.79 Å². The fourth-order valence-electron chi connectivity index (χ4n) is 2.81. The Balaban J connectivity index is 1.74. The van der Waals surface area contributed by atoms with Crippen molar-refractivity contribution >= 4 is 11.8 Å². The summed E-state index contributed by atoms with van der Waals surface area (Å²) in [6.07, 6.45) is 5.69. The van der Waals surface area contributed by atoms with Crippen molar-refractivity contribution in [1.29, 1.82) is 0 Å². The van der Waals surface area contributed by atoms with Gasteiger partial charge in [0.2, 0.25) is 5.91 Å². The number of carbonyl (C=O) groups is 2. The number of amides is 2. The number of piperidine rings is 1. The second-order valence-electron chi connectivity index (χ2n) is 7.52. The molecule has 2 rings (SSSR count). The van der Waals surface area contributed by atoms with E-state index < -0.39 is 0 Å². The summed E-state index contributed by atoms with van der Waals surface area (Å²) in [6, 6.07) is 3.58. The van der Waals surface area contributed by atoms with E-state index in [2.05, 4.69) is 31.1 Å². The summed E-state index contributed by atoms with van der Waals surface area (Å²) in [5, 5.41) is 3.03. The van der Waals surface area contributed by atoms with Gasteiger partial charge in [0.25, 0.3) is 5.91 Å². The summed E-state index contributed by atoms with van der Waals surface area (Å²) in [5.74, 6) is 0.622. The van der Waals surface area contributed by atoms with Crippen LogP contribution in [0.15, 0.2) is 24.5 Å². The van der Waals surface area contributed by atoms with Crippen LogP contribution >= 0.6 is 0 Å². The molecule has 0 aliphatic carbocycles. The van der Waals surface area contributed by atoms with Gasteiger partial charge in [-0.05, 0) is 36.3 Å². The van der Waals surface area contributed by atoms with Crippen LogP contribution in [0.4, 0.5) is 0 Å². The zero-order chi connectivity index (χ0) is 16.9. The molecule has 0 spiro atoms. The van der Waals surface area contributed by atoms with Gasteiger partial charge >= 0.3 is 0 Å². The summed E-state index contributed by atoms with van der Waals surface area (Å²) in [6.45, 7) is 8.39. The number of likely N-dealkylation sites (tertiary alicyclic amines) is 1. The quantitative estimate of drug-likeness (QED) is 0.928. The lowest BCUT2D eigenvalue weighted by molar-refractivity contribution is -0.123. The van der Waals surface area contributed by atoms with E-state index in [4.69, 9.17) is 0 Å². The lowest BCUT2D eigenvalue weighted by Crippen LogP contribution is -2.41. The number of aromatic nitrogens is 1. The molecular weight excluding hydrogens is 290 g/mol. The topological polar surface area (TPSA) is 62.3 Å². The Hall–Kier alpha value is -1.91. The van der Waals surface area contributed by atoms with Gasteiger partial charge in [-0.25, -0.2) is 0 Å². The molecule has 1 aromatic heterocycles. The summed E-state index contributed by atoms with van der Waals surface area (Å²) in [7, 11) is 0. The highest BCUT2D eigenvalue weighted by atomic mass is 16.2. The van der Waals surface area contributed by atoms with Crippen molar-refractivity contribution in [3.63, 3.8) is 0 Å². The standard InChI is InChI=1S/C18H27N3O2/c1-18(2,3)11-16(22)20-12-14-6-9-21(10-7-14)17(23)15-5-4-8-19-13-15/h4-5,8,13-14H,6-7,9-12H2,1-3H3,(H,20,22). The molecule has 1 saturated heterocycles. The maximum Gasteiger partial charge on any atom is 0.255 e. The van der Waals surface area contributed by atoms with E-state index in [1.54, 1.807) is 24.5 Å². The number of hydrogen-bond acceptors (Lipinski definition) is 3. The molecule has 0 saturated carbocycles. The summed E-state index contributed by atoms with van der Waals surface area (Å²) in [4.78, 5) is 30.1. The van der Waals surface area contributed by atoms with Crippen molar-refractivity contribution in [2.75, 3.05) is 19.6 Å². The van der Waals surface area contributed by atoms with E-state index in [-0.39, 0.29) is 17.2 Å². The van der Waals surface area contributed by atoms with Gasteiger partial charge < -0.3 is 10.2 Å². The molecular formula is C18H27N3O2. The van der Waals surface area contributed by atoms with Crippen LogP contribution in [0.25, 0.3) is 0 Å². The highest BCUT2D eigenvalue weighted by Crippen LogP contribution is 2.20. The Bertz CT molecular complexity index is 529. The first kappa shape index (κ1) is 17.4. The molecule has 1 aliphatic heterocycles. The average molecular weight is 317 g/mol. The van der Waals surface area contributed by atoms with Crippen LogP contribution in [0.3, 0.4) is 0 Å². The molecule has 5 heteroatoms. The van der Waals surface area contributed by atoms with E-state index in [9.17, 15) is 9.59 Å². The molecule has 0 bridgehead atoms. The van der Waals surface area contributed by atoms with Gasteiger partial charge in [0.15, 0.2) is 0 Å². The summed E-state index contributed by atoms with van der Waals surface area (Å²) < 4.78 is 0. The van der Waals surface area contributed by atoms with Crippen LogP contribution in [-0.4, -0.2) is 41.3 Å². The van der Waals surface area contributed by atoms with Gasteiger partial charge in [0.05, 0.1) is 5.56 Å². The number of pyridine rings is 1. The monoisotopic (exact) mass is 317 g/mol. The summed E-state index contributed by atoms with van der Waals surface area (Å²) in [5.41, 5.74) is 0.660. The van der Waals surface area contributed by atoms with E-state index in [1.165, 1.54) is 0 Å². The predicted octanol–water partition coefficient (Wildman–Crippen LogP) is 2.49. The van der Waals surface area contributed by atoms with Gasteiger partial charge in [-0.2, -0.15) is 0 Å². The molecule has 5 nitrogen and oxygen atoms in total. The van der Waals surface area contributed by atoms with Crippen molar-refractivity contribution in [2.24, 2.45) is 11.3 Å². The summed E-state index contributed by atoms with van der Waals surface area (Å²) >= 11 is 0. The normalized spacial score (nSPS) is 16.2. The third kappa shape index (κ3) is 5.66. The Morgan fingerprint density at radius 3 is 2.57 bits per heavy atom. The van der Waals surface area contributed by atoms with Gasteiger partial charge in [-0.1, -0.05) is 20.8 Å². The maximum atomic E-state index is 12.3. The largest absolute Gasteiger partial charge is 0.356 e. The third-order valence-corrected chi connectivity index (χ3v) is 4.09. The molecule has 126 valence electrons. The van der Waals surface area contributed by atoms with E-state index in [0.29, 0.717) is 24.4 Å². The highest BCUT2D eigenvalue weighted by Gasteiger charge is 2.24. The smallest absolute Gasteiger partial charge is 0.255 e. The minimum Gasteiger partial charge on any atom is -0.356 e. The van der Waals surface area contributed by atoms with Gasteiger partial charge in [0, 0.05) is 38.4 Å². The van der Waals surface area contributed by atoms with Crippen LogP contribution in [0.1, 0.15) is 50.4 Å². The first-order chi connectivity index (χ1) is 10.8. The molecule has 2 amide bonds. The zero-order valence-electron chi connectivity index (χ0n) is 14.3. The molecule has 0 radical (unpaired) electrons.